The van der Waals surface area contributed by atoms with Gasteiger partial charge in [0.2, 0.25) is 5.91 Å². The summed E-state index contributed by atoms with van der Waals surface area (Å²) >= 11 is 0. The summed E-state index contributed by atoms with van der Waals surface area (Å²) in [4.78, 5) is 11.9. The molecule has 0 aliphatic heterocycles. The van der Waals surface area contributed by atoms with Crippen LogP contribution in [0.2, 0.25) is 0 Å². The Morgan fingerprint density at radius 1 is 1.38 bits per heavy atom. The Hall–Kier alpha value is -0.570. The molecule has 3 nitrogen and oxygen atoms in total. The van der Waals surface area contributed by atoms with E-state index >= 15 is 0 Å². The normalized spacial score (nSPS) is 25.8. The van der Waals surface area contributed by atoms with Crippen LogP contribution < -0.4 is 11.1 Å². The van der Waals surface area contributed by atoms with Crippen LogP contribution in [0.1, 0.15) is 46.5 Å². The SMILES string of the molecule is CCC(C)(C)C(=O)NCC1CCCC1CN. The van der Waals surface area contributed by atoms with Gasteiger partial charge in [-0.15, -0.1) is 0 Å². The van der Waals surface area contributed by atoms with Crippen molar-refractivity contribution in [3.8, 4) is 0 Å². The summed E-state index contributed by atoms with van der Waals surface area (Å²) in [5.74, 6) is 1.39. The van der Waals surface area contributed by atoms with E-state index in [4.69, 9.17) is 5.73 Å². The Bertz CT molecular complexity index is 238. The van der Waals surface area contributed by atoms with Crippen LogP contribution in [0.25, 0.3) is 0 Å². The lowest BCUT2D eigenvalue weighted by molar-refractivity contribution is -0.129. The van der Waals surface area contributed by atoms with Crippen molar-refractivity contribution in [3.05, 3.63) is 0 Å². The first kappa shape index (κ1) is 13.5. The quantitative estimate of drug-likeness (QED) is 0.752. The van der Waals surface area contributed by atoms with E-state index in [0.29, 0.717) is 11.8 Å². The number of carbonyl (C=O) groups excluding carboxylic acids is 1. The van der Waals surface area contributed by atoms with Gasteiger partial charge in [0.1, 0.15) is 0 Å². The Morgan fingerprint density at radius 2 is 2.00 bits per heavy atom. The molecule has 1 rings (SSSR count). The second-order valence-corrected chi connectivity index (χ2v) is 5.63. The molecule has 16 heavy (non-hydrogen) atoms. The van der Waals surface area contributed by atoms with Crippen molar-refractivity contribution < 1.29 is 4.79 Å². The van der Waals surface area contributed by atoms with Crippen LogP contribution in [0.5, 0.6) is 0 Å². The fourth-order valence-electron chi connectivity index (χ4n) is 2.32. The van der Waals surface area contributed by atoms with E-state index in [1.807, 2.05) is 13.8 Å². The highest BCUT2D eigenvalue weighted by molar-refractivity contribution is 5.81. The van der Waals surface area contributed by atoms with Crippen molar-refractivity contribution in [2.75, 3.05) is 13.1 Å². The molecule has 1 fully saturated rings. The maximum absolute atomic E-state index is 11.9. The van der Waals surface area contributed by atoms with Crippen LogP contribution in [0.3, 0.4) is 0 Å². The molecule has 1 aliphatic rings. The maximum atomic E-state index is 11.9. The summed E-state index contributed by atoms with van der Waals surface area (Å²) in [5.41, 5.74) is 5.49. The number of nitrogens with two attached hydrogens (primary N) is 1. The van der Waals surface area contributed by atoms with Crippen molar-refractivity contribution in [3.63, 3.8) is 0 Å². The van der Waals surface area contributed by atoms with Crippen molar-refractivity contribution >= 4 is 5.91 Å². The monoisotopic (exact) mass is 226 g/mol. The molecule has 1 aliphatic carbocycles. The molecular weight excluding hydrogens is 200 g/mol. The van der Waals surface area contributed by atoms with Gasteiger partial charge in [0.25, 0.3) is 0 Å². The summed E-state index contributed by atoms with van der Waals surface area (Å²) in [7, 11) is 0. The Balaban J connectivity index is 2.37. The smallest absolute Gasteiger partial charge is 0.225 e. The van der Waals surface area contributed by atoms with E-state index < -0.39 is 0 Å². The average Bonchev–Trinajstić information content (AvgIpc) is 2.72. The van der Waals surface area contributed by atoms with Gasteiger partial charge in [0.05, 0.1) is 0 Å². The summed E-state index contributed by atoms with van der Waals surface area (Å²) in [6.07, 6.45) is 4.59. The highest BCUT2D eigenvalue weighted by Crippen LogP contribution is 2.30. The zero-order valence-electron chi connectivity index (χ0n) is 10.9. The van der Waals surface area contributed by atoms with Gasteiger partial charge in [-0.05, 0) is 37.6 Å². The number of hydrogen-bond donors (Lipinski definition) is 2. The van der Waals surface area contributed by atoms with Crippen LogP contribution in [-0.2, 0) is 4.79 Å². The van der Waals surface area contributed by atoms with Crippen molar-refractivity contribution in [2.24, 2.45) is 23.0 Å². The topological polar surface area (TPSA) is 55.1 Å². The molecule has 3 heteroatoms. The third kappa shape index (κ3) is 3.21. The predicted octanol–water partition coefficient (Wildman–Crippen LogP) is 1.91. The largest absolute Gasteiger partial charge is 0.355 e. The van der Waals surface area contributed by atoms with Gasteiger partial charge in [0.15, 0.2) is 0 Å². The van der Waals surface area contributed by atoms with E-state index in [2.05, 4.69) is 12.2 Å². The molecular formula is C13H26N2O. The van der Waals surface area contributed by atoms with Gasteiger partial charge in [-0.2, -0.15) is 0 Å². The van der Waals surface area contributed by atoms with Gasteiger partial charge in [-0.25, -0.2) is 0 Å². The molecule has 94 valence electrons. The Kier molecular flexibility index (Phi) is 4.78. The van der Waals surface area contributed by atoms with Gasteiger partial charge in [-0.3, -0.25) is 4.79 Å². The zero-order chi connectivity index (χ0) is 12.2. The number of carbonyl (C=O) groups is 1. The molecule has 1 amide bonds. The molecule has 2 atom stereocenters. The molecule has 0 saturated heterocycles. The third-order valence-electron chi connectivity index (χ3n) is 4.14. The van der Waals surface area contributed by atoms with Crippen molar-refractivity contribution in [1.29, 1.82) is 0 Å². The lowest BCUT2D eigenvalue weighted by Crippen LogP contribution is -2.40. The van der Waals surface area contributed by atoms with E-state index in [-0.39, 0.29) is 11.3 Å². The van der Waals surface area contributed by atoms with E-state index in [9.17, 15) is 4.79 Å². The molecule has 0 aromatic carbocycles. The third-order valence-corrected chi connectivity index (χ3v) is 4.14. The van der Waals surface area contributed by atoms with Crippen LogP contribution >= 0.6 is 0 Å². The summed E-state index contributed by atoms with van der Waals surface area (Å²) in [6.45, 7) is 7.62. The van der Waals surface area contributed by atoms with Crippen LogP contribution in [0.4, 0.5) is 0 Å². The number of nitrogens with one attached hydrogen (secondary N) is 1. The second kappa shape index (κ2) is 5.67. The molecule has 0 bridgehead atoms. The van der Waals surface area contributed by atoms with E-state index in [1.54, 1.807) is 0 Å². The van der Waals surface area contributed by atoms with Gasteiger partial charge < -0.3 is 11.1 Å². The first-order chi connectivity index (χ1) is 7.51. The molecule has 2 unspecified atom stereocenters. The highest BCUT2D eigenvalue weighted by atomic mass is 16.2. The molecule has 0 aromatic rings. The van der Waals surface area contributed by atoms with E-state index in [0.717, 1.165) is 19.5 Å². The molecule has 0 radical (unpaired) electrons. The van der Waals surface area contributed by atoms with Crippen LogP contribution in [-0.4, -0.2) is 19.0 Å². The molecule has 0 heterocycles. The minimum absolute atomic E-state index is 0.178. The Labute approximate surface area is 99.2 Å². The standard InChI is InChI=1S/C13H26N2O/c1-4-13(2,3)12(16)15-9-11-7-5-6-10(11)8-14/h10-11H,4-9,14H2,1-3H3,(H,15,16). The maximum Gasteiger partial charge on any atom is 0.225 e. The molecule has 0 spiro atoms. The minimum atomic E-state index is -0.239. The fourth-order valence-corrected chi connectivity index (χ4v) is 2.32. The number of rotatable bonds is 5. The summed E-state index contributed by atoms with van der Waals surface area (Å²) < 4.78 is 0. The Morgan fingerprint density at radius 3 is 2.56 bits per heavy atom. The first-order valence-electron chi connectivity index (χ1n) is 6.49. The molecule has 0 aromatic heterocycles. The predicted molar refractivity (Wildman–Crippen MR) is 67.0 cm³/mol. The number of amides is 1. The zero-order valence-corrected chi connectivity index (χ0v) is 10.9. The van der Waals surface area contributed by atoms with Gasteiger partial charge >= 0.3 is 0 Å². The molecule has 1 saturated carbocycles. The summed E-state index contributed by atoms with van der Waals surface area (Å²) in [6, 6.07) is 0. The van der Waals surface area contributed by atoms with E-state index in [1.165, 1.54) is 19.3 Å². The van der Waals surface area contributed by atoms with Crippen molar-refractivity contribution in [1.82, 2.24) is 5.32 Å². The average molecular weight is 226 g/mol. The lowest BCUT2D eigenvalue weighted by Gasteiger charge is -2.24. The number of hydrogen-bond acceptors (Lipinski definition) is 2. The van der Waals surface area contributed by atoms with Gasteiger partial charge in [-0.1, -0.05) is 27.2 Å². The minimum Gasteiger partial charge on any atom is -0.355 e. The summed E-state index contributed by atoms with van der Waals surface area (Å²) in [5, 5.41) is 3.09. The first-order valence-corrected chi connectivity index (χ1v) is 6.49. The molecule has 3 N–H and O–H groups in total. The lowest BCUT2D eigenvalue weighted by atomic mass is 9.88. The van der Waals surface area contributed by atoms with Crippen LogP contribution in [0, 0.1) is 17.3 Å². The van der Waals surface area contributed by atoms with Crippen molar-refractivity contribution in [2.45, 2.75) is 46.5 Å². The van der Waals surface area contributed by atoms with Gasteiger partial charge in [0, 0.05) is 12.0 Å². The highest BCUT2D eigenvalue weighted by Gasteiger charge is 2.29. The second-order valence-electron chi connectivity index (χ2n) is 5.63. The van der Waals surface area contributed by atoms with Crippen LogP contribution in [0.15, 0.2) is 0 Å². The fraction of sp³-hybridized carbons (Fsp3) is 0.923.